The first-order valence-corrected chi connectivity index (χ1v) is 8.16. The number of carbonyl (C=O) groups excluding carboxylic acids is 1. The standard InChI is InChI=1S/C15H21NO5S/c1-3-21-13-6-10(4-5-12(13)20-2)15-16(7-11(18)8-17)14(19)9-22-15/h4-6,11,15,17-18H,3,7-9H2,1-2H3. The van der Waals surface area contributed by atoms with Gasteiger partial charge in [-0.2, -0.15) is 0 Å². The van der Waals surface area contributed by atoms with Crippen molar-refractivity contribution < 1.29 is 24.5 Å². The fourth-order valence-corrected chi connectivity index (χ4v) is 3.52. The van der Waals surface area contributed by atoms with Gasteiger partial charge < -0.3 is 24.6 Å². The molecule has 7 heteroatoms. The van der Waals surface area contributed by atoms with Crippen LogP contribution in [-0.2, 0) is 4.79 Å². The molecule has 0 saturated carbocycles. The Bertz CT molecular complexity index is 525. The number of amides is 1. The average molecular weight is 327 g/mol. The zero-order chi connectivity index (χ0) is 16.1. The number of hydrogen-bond acceptors (Lipinski definition) is 6. The molecule has 1 aromatic carbocycles. The van der Waals surface area contributed by atoms with E-state index in [1.54, 1.807) is 12.0 Å². The van der Waals surface area contributed by atoms with Gasteiger partial charge in [0.1, 0.15) is 5.37 Å². The van der Waals surface area contributed by atoms with Crippen LogP contribution in [0.5, 0.6) is 11.5 Å². The second-order valence-corrected chi connectivity index (χ2v) is 5.96. The Hall–Kier alpha value is -1.44. The molecule has 0 aromatic heterocycles. The van der Waals surface area contributed by atoms with Gasteiger partial charge in [-0.05, 0) is 24.6 Å². The third-order valence-corrected chi connectivity index (χ3v) is 4.61. The number of aliphatic hydroxyl groups excluding tert-OH is 2. The summed E-state index contributed by atoms with van der Waals surface area (Å²) in [6.45, 7) is 2.16. The summed E-state index contributed by atoms with van der Waals surface area (Å²) < 4.78 is 10.8. The average Bonchev–Trinajstić information content (AvgIpc) is 2.88. The Balaban J connectivity index is 2.25. The van der Waals surface area contributed by atoms with Crippen molar-refractivity contribution in [2.75, 3.05) is 32.6 Å². The molecule has 1 fully saturated rings. The highest BCUT2D eigenvalue weighted by molar-refractivity contribution is 8.00. The van der Waals surface area contributed by atoms with E-state index in [-0.39, 0.29) is 24.4 Å². The van der Waals surface area contributed by atoms with Crippen molar-refractivity contribution in [1.29, 1.82) is 0 Å². The molecule has 1 heterocycles. The van der Waals surface area contributed by atoms with E-state index in [1.165, 1.54) is 11.8 Å². The summed E-state index contributed by atoms with van der Waals surface area (Å²) in [5.41, 5.74) is 0.908. The molecule has 2 atom stereocenters. The van der Waals surface area contributed by atoms with Gasteiger partial charge in [0.2, 0.25) is 5.91 Å². The minimum absolute atomic E-state index is 0.0451. The number of rotatable bonds is 7. The molecule has 0 bridgehead atoms. The maximum atomic E-state index is 12.0. The molecular weight excluding hydrogens is 306 g/mol. The van der Waals surface area contributed by atoms with Crippen molar-refractivity contribution >= 4 is 17.7 Å². The minimum atomic E-state index is -0.935. The van der Waals surface area contributed by atoms with Crippen LogP contribution in [0.1, 0.15) is 17.9 Å². The van der Waals surface area contributed by atoms with E-state index in [4.69, 9.17) is 14.6 Å². The van der Waals surface area contributed by atoms with Crippen LogP contribution in [0.25, 0.3) is 0 Å². The predicted octanol–water partition coefficient (Wildman–Crippen LogP) is 1.02. The molecule has 0 aliphatic carbocycles. The zero-order valence-electron chi connectivity index (χ0n) is 12.7. The second kappa shape index (κ2) is 7.71. The molecular formula is C15H21NO5S. The van der Waals surface area contributed by atoms with Gasteiger partial charge in [0, 0.05) is 0 Å². The van der Waals surface area contributed by atoms with Crippen LogP contribution in [-0.4, -0.2) is 59.7 Å². The molecule has 1 saturated heterocycles. The van der Waals surface area contributed by atoms with Crippen LogP contribution in [0.4, 0.5) is 0 Å². The molecule has 0 spiro atoms. The van der Waals surface area contributed by atoms with Crippen molar-refractivity contribution in [2.45, 2.75) is 18.4 Å². The van der Waals surface area contributed by atoms with Gasteiger partial charge in [-0.1, -0.05) is 6.07 Å². The number of thioether (sulfide) groups is 1. The van der Waals surface area contributed by atoms with Crippen LogP contribution >= 0.6 is 11.8 Å². The number of ether oxygens (including phenoxy) is 2. The highest BCUT2D eigenvalue weighted by Crippen LogP contribution is 2.41. The van der Waals surface area contributed by atoms with Gasteiger partial charge >= 0.3 is 0 Å². The molecule has 22 heavy (non-hydrogen) atoms. The lowest BCUT2D eigenvalue weighted by molar-refractivity contribution is -0.129. The number of aliphatic hydroxyl groups is 2. The summed E-state index contributed by atoms with van der Waals surface area (Å²) in [5, 5.41) is 18.4. The Morgan fingerprint density at radius 2 is 2.23 bits per heavy atom. The van der Waals surface area contributed by atoms with Crippen molar-refractivity contribution in [2.24, 2.45) is 0 Å². The molecule has 122 valence electrons. The number of β-amino-alcohol motifs (C(OH)–C–C–N with tert-alkyl or cyclic N) is 1. The molecule has 1 aliphatic heterocycles. The van der Waals surface area contributed by atoms with E-state index in [0.29, 0.717) is 23.9 Å². The summed E-state index contributed by atoms with van der Waals surface area (Å²) in [4.78, 5) is 13.6. The van der Waals surface area contributed by atoms with E-state index < -0.39 is 6.10 Å². The fraction of sp³-hybridized carbons (Fsp3) is 0.533. The van der Waals surface area contributed by atoms with Crippen molar-refractivity contribution in [3.8, 4) is 11.5 Å². The molecule has 2 rings (SSSR count). The Morgan fingerprint density at radius 3 is 2.86 bits per heavy atom. The summed E-state index contributed by atoms with van der Waals surface area (Å²) in [6.07, 6.45) is -0.935. The van der Waals surface area contributed by atoms with E-state index in [9.17, 15) is 9.90 Å². The van der Waals surface area contributed by atoms with E-state index >= 15 is 0 Å². The van der Waals surface area contributed by atoms with Gasteiger partial charge in [-0.3, -0.25) is 4.79 Å². The highest BCUT2D eigenvalue weighted by Gasteiger charge is 2.34. The number of carbonyl (C=O) groups is 1. The normalized spacial score (nSPS) is 19.4. The number of benzene rings is 1. The monoisotopic (exact) mass is 327 g/mol. The molecule has 1 amide bonds. The summed E-state index contributed by atoms with van der Waals surface area (Å²) in [7, 11) is 1.58. The number of hydrogen-bond donors (Lipinski definition) is 2. The molecule has 1 aromatic rings. The van der Waals surface area contributed by atoms with Gasteiger partial charge in [-0.15, -0.1) is 11.8 Å². The van der Waals surface area contributed by atoms with E-state index in [2.05, 4.69) is 0 Å². The van der Waals surface area contributed by atoms with Gasteiger partial charge in [0.15, 0.2) is 11.5 Å². The van der Waals surface area contributed by atoms with Gasteiger partial charge in [0.25, 0.3) is 0 Å². The minimum Gasteiger partial charge on any atom is -0.493 e. The predicted molar refractivity (Wildman–Crippen MR) is 84.2 cm³/mol. The van der Waals surface area contributed by atoms with Crippen molar-refractivity contribution in [3.05, 3.63) is 23.8 Å². The molecule has 2 unspecified atom stereocenters. The lowest BCUT2D eigenvalue weighted by Gasteiger charge is -2.26. The van der Waals surface area contributed by atoms with Crippen molar-refractivity contribution in [3.63, 3.8) is 0 Å². The SMILES string of the molecule is CCOc1cc(C2SCC(=O)N2CC(O)CO)ccc1OC. The maximum Gasteiger partial charge on any atom is 0.233 e. The fourth-order valence-electron chi connectivity index (χ4n) is 2.33. The Morgan fingerprint density at radius 1 is 1.45 bits per heavy atom. The topological polar surface area (TPSA) is 79.2 Å². The first-order valence-electron chi connectivity index (χ1n) is 7.11. The quantitative estimate of drug-likeness (QED) is 0.778. The lowest BCUT2D eigenvalue weighted by Crippen LogP contribution is -2.37. The smallest absolute Gasteiger partial charge is 0.233 e. The third kappa shape index (κ3) is 3.66. The molecule has 6 nitrogen and oxygen atoms in total. The Kier molecular flexibility index (Phi) is 5.93. The summed E-state index contributed by atoms with van der Waals surface area (Å²) >= 11 is 1.49. The maximum absolute atomic E-state index is 12.0. The lowest BCUT2D eigenvalue weighted by atomic mass is 10.1. The van der Waals surface area contributed by atoms with Crippen LogP contribution < -0.4 is 9.47 Å². The van der Waals surface area contributed by atoms with Crippen LogP contribution in [0.3, 0.4) is 0 Å². The first-order chi connectivity index (χ1) is 10.6. The van der Waals surface area contributed by atoms with Crippen LogP contribution in [0, 0.1) is 0 Å². The number of methoxy groups -OCH3 is 1. The van der Waals surface area contributed by atoms with E-state index in [0.717, 1.165) is 5.56 Å². The highest BCUT2D eigenvalue weighted by atomic mass is 32.2. The van der Waals surface area contributed by atoms with E-state index in [1.807, 2.05) is 25.1 Å². The summed E-state index contributed by atoms with van der Waals surface area (Å²) in [5.74, 6) is 1.59. The van der Waals surface area contributed by atoms with Crippen LogP contribution in [0.2, 0.25) is 0 Å². The second-order valence-electron chi connectivity index (χ2n) is 4.89. The first kappa shape index (κ1) is 16.9. The zero-order valence-corrected chi connectivity index (χ0v) is 13.5. The molecule has 0 radical (unpaired) electrons. The number of nitrogens with zero attached hydrogens (tertiary/aromatic N) is 1. The molecule has 2 N–H and O–H groups in total. The van der Waals surface area contributed by atoms with Gasteiger partial charge in [0.05, 0.1) is 38.7 Å². The summed E-state index contributed by atoms with van der Waals surface area (Å²) in [6, 6.07) is 5.55. The Labute approximate surface area is 134 Å². The molecule has 1 aliphatic rings. The van der Waals surface area contributed by atoms with Crippen molar-refractivity contribution in [1.82, 2.24) is 4.90 Å². The largest absolute Gasteiger partial charge is 0.493 e. The van der Waals surface area contributed by atoms with Crippen LogP contribution in [0.15, 0.2) is 18.2 Å². The van der Waals surface area contributed by atoms with Gasteiger partial charge in [-0.25, -0.2) is 0 Å². The third-order valence-electron chi connectivity index (χ3n) is 3.36.